The van der Waals surface area contributed by atoms with E-state index in [4.69, 9.17) is 0 Å². The summed E-state index contributed by atoms with van der Waals surface area (Å²) >= 11 is 1.92. The van der Waals surface area contributed by atoms with Gasteiger partial charge in [-0.2, -0.15) is 5.26 Å². The van der Waals surface area contributed by atoms with Crippen LogP contribution in [0.15, 0.2) is 24.3 Å². The predicted octanol–water partition coefficient (Wildman–Crippen LogP) is 2.25. The highest BCUT2D eigenvalue weighted by Gasteiger charge is 2.66. The van der Waals surface area contributed by atoms with Gasteiger partial charge < -0.3 is 4.90 Å². The molecule has 0 aromatic heterocycles. The van der Waals surface area contributed by atoms with Crippen molar-refractivity contribution in [3.05, 3.63) is 29.8 Å². The fraction of sp³-hybridized carbons (Fsp3) is 0.500. The summed E-state index contributed by atoms with van der Waals surface area (Å²) in [7, 11) is 0. The molecule has 3 aliphatic rings. The van der Waals surface area contributed by atoms with Crippen molar-refractivity contribution in [3.8, 4) is 6.07 Å². The van der Waals surface area contributed by atoms with Gasteiger partial charge in [-0.1, -0.05) is 18.2 Å². The van der Waals surface area contributed by atoms with E-state index >= 15 is 0 Å². The molecule has 0 aliphatic carbocycles. The van der Waals surface area contributed by atoms with Gasteiger partial charge in [-0.3, -0.25) is 5.32 Å². The minimum atomic E-state index is -0.0562. The first-order valence-corrected chi connectivity index (χ1v) is 7.20. The number of para-hydroxylation sites is 1. The molecule has 0 unspecified atom stereocenters. The minimum absolute atomic E-state index is 0.0415. The van der Waals surface area contributed by atoms with Gasteiger partial charge in [-0.15, -0.1) is 11.8 Å². The zero-order valence-corrected chi connectivity index (χ0v) is 11.3. The summed E-state index contributed by atoms with van der Waals surface area (Å²) in [6.07, 6.45) is 0. The summed E-state index contributed by atoms with van der Waals surface area (Å²) in [5.74, 6) is 0.0678. The van der Waals surface area contributed by atoms with Crippen LogP contribution in [0.1, 0.15) is 19.4 Å². The highest BCUT2D eigenvalue weighted by Crippen LogP contribution is 2.64. The second kappa shape index (κ2) is 3.04. The smallest absolute Gasteiger partial charge is 0.108 e. The first kappa shape index (κ1) is 10.7. The third-order valence-electron chi connectivity index (χ3n) is 4.87. The maximum absolute atomic E-state index is 9.33. The van der Waals surface area contributed by atoms with Gasteiger partial charge in [-0.05, 0) is 25.5 Å². The lowest BCUT2D eigenvalue weighted by Gasteiger charge is -2.44. The molecule has 2 fully saturated rings. The maximum Gasteiger partial charge on any atom is 0.108 e. The van der Waals surface area contributed by atoms with E-state index in [2.05, 4.69) is 54.4 Å². The predicted molar refractivity (Wildman–Crippen MR) is 73.2 cm³/mol. The number of fused-ring (bicyclic) bond motifs is 4. The van der Waals surface area contributed by atoms with Crippen molar-refractivity contribution in [1.29, 1.82) is 5.26 Å². The van der Waals surface area contributed by atoms with Crippen molar-refractivity contribution in [3.63, 3.8) is 0 Å². The Balaban J connectivity index is 1.98. The summed E-state index contributed by atoms with van der Waals surface area (Å²) in [4.78, 5) is 2.40. The quantitative estimate of drug-likeness (QED) is 0.774. The van der Waals surface area contributed by atoms with Crippen LogP contribution in [-0.4, -0.2) is 17.6 Å². The SMILES string of the molecule is C[C@@]12N[C@H]3S[C@]1(C)c1ccccc1N2C[C@@H]3C#N. The summed E-state index contributed by atoms with van der Waals surface area (Å²) < 4.78 is 0.0415. The van der Waals surface area contributed by atoms with Crippen LogP contribution in [0, 0.1) is 17.2 Å². The molecule has 0 saturated carbocycles. The number of hydrogen-bond donors (Lipinski definition) is 1. The standard InChI is InChI=1S/C14H15N3S/c1-13-10-5-3-4-6-11(10)17-8-9(7-15)12(18-13)16-14(13,17)2/h3-6,9,12,16H,8H2,1-2H3/t9-,12-,13+,14-/m0/s1. The summed E-state index contributed by atoms with van der Waals surface area (Å²) in [6, 6.07) is 11.1. The average molecular weight is 257 g/mol. The lowest BCUT2D eigenvalue weighted by Crippen LogP contribution is -2.65. The Labute approximate surface area is 111 Å². The first-order chi connectivity index (χ1) is 8.60. The number of nitriles is 1. The van der Waals surface area contributed by atoms with E-state index in [0.717, 1.165) is 6.54 Å². The molecule has 18 heavy (non-hydrogen) atoms. The molecule has 3 heterocycles. The van der Waals surface area contributed by atoms with Gasteiger partial charge in [0.2, 0.25) is 0 Å². The maximum atomic E-state index is 9.33. The van der Waals surface area contributed by atoms with Crippen LogP contribution in [-0.2, 0) is 4.75 Å². The van der Waals surface area contributed by atoms with E-state index in [1.807, 2.05) is 11.8 Å². The summed E-state index contributed by atoms with van der Waals surface area (Å²) in [5.41, 5.74) is 2.64. The van der Waals surface area contributed by atoms with Crippen LogP contribution in [0.3, 0.4) is 0 Å². The molecular weight excluding hydrogens is 242 g/mol. The molecule has 2 saturated heterocycles. The van der Waals surface area contributed by atoms with Crippen molar-refractivity contribution < 1.29 is 0 Å². The number of nitrogens with one attached hydrogen (secondary N) is 1. The average Bonchev–Trinajstić information content (AvgIpc) is 2.69. The fourth-order valence-corrected chi connectivity index (χ4v) is 5.50. The zero-order chi connectivity index (χ0) is 12.5. The molecule has 4 rings (SSSR count). The van der Waals surface area contributed by atoms with Gasteiger partial charge in [0.25, 0.3) is 0 Å². The molecule has 2 bridgehead atoms. The van der Waals surface area contributed by atoms with Crippen molar-refractivity contribution in [2.45, 2.75) is 29.6 Å². The highest BCUT2D eigenvalue weighted by molar-refractivity contribution is 8.01. The number of nitrogens with zero attached hydrogens (tertiary/aromatic N) is 2. The minimum Gasteiger partial charge on any atom is -0.350 e. The Hall–Kier alpha value is -1.18. The van der Waals surface area contributed by atoms with Crippen molar-refractivity contribution in [2.24, 2.45) is 5.92 Å². The van der Waals surface area contributed by atoms with Crippen LogP contribution < -0.4 is 10.2 Å². The normalized spacial score (nSPS) is 43.7. The molecule has 0 amide bonds. The molecule has 92 valence electrons. The molecular formula is C14H15N3S. The van der Waals surface area contributed by atoms with Gasteiger partial charge in [-0.25, -0.2) is 0 Å². The number of anilines is 1. The van der Waals surface area contributed by atoms with Crippen LogP contribution in [0.25, 0.3) is 0 Å². The second-order valence-electron chi connectivity index (χ2n) is 5.65. The van der Waals surface area contributed by atoms with Crippen molar-refractivity contribution in [2.75, 3.05) is 11.4 Å². The lowest BCUT2D eigenvalue weighted by molar-refractivity contribution is 0.251. The molecule has 4 heteroatoms. The van der Waals surface area contributed by atoms with Crippen LogP contribution >= 0.6 is 11.8 Å². The van der Waals surface area contributed by atoms with E-state index in [9.17, 15) is 5.26 Å². The van der Waals surface area contributed by atoms with Crippen LogP contribution in [0.2, 0.25) is 0 Å². The van der Waals surface area contributed by atoms with Crippen molar-refractivity contribution in [1.82, 2.24) is 5.32 Å². The van der Waals surface area contributed by atoms with Gasteiger partial charge in [0, 0.05) is 12.2 Å². The Morgan fingerprint density at radius 1 is 1.44 bits per heavy atom. The molecule has 3 aliphatic heterocycles. The number of benzene rings is 1. The largest absolute Gasteiger partial charge is 0.350 e. The molecule has 0 spiro atoms. The van der Waals surface area contributed by atoms with Gasteiger partial charge in [0.05, 0.1) is 22.1 Å². The molecule has 0 radical (unpaired) electrons. The second-order valence-corrected chi connectivity index (χ2v) is 7.21. The van der Waals surface area contributed by atoms with Gasteiger partial charge >= 0.3 is 0 Å². The molecule has 1 N–H and O–H groups in total. The van der Waals surface area contributed by atoms with Crippen LogP contribution in [0.4, 0.5) is 5.69 Å². The Bertz CT molecular complexity index is 581. The summed E-state index contributed by atoms with van der Waals surface area (Å²) in [6.45, 7) is 5.42. The molecule has 1 aromatic rings. The van der Waals surface area contributed by atoms with E-state index in [-0.39, 0.29) is 21.7 Å². The third kappa shape index (κ3) is 0.942. The van der Waals surface area contributed by atoms with E-state index in [0.29, 0.717) is 0 Å². The number of thioether (sulfide) groups is 1. The van der Waals surface area contributed by atoms with Gasteiger partial charge in [0.1, 0.15) is 5.66 Å². The van der Waals surface area contributed by atoms with Gasteiger partial charge in [0.15, 0.2) is 0 Å². The monoisotopic (exact) mass is 257 g/mol. The number of rotatable bonds is 0. The van der Waals surface area contributed by atoms with E-state index < -0.39 is 0 Å². The Morgan fingerprint density at radius 2 is 2.22 bits per heavy atom. The zero-order valence-electron chi connectivity index (χ0n) is 10.5. The number of hydrogen-bond acceptors (Lipinski definition) is 4. The topological polar surface area (TPSA) is 39.1 Å². The molecule has 1 aromatic carbocycles. The lowest BCUT2D eigenvalue weighted by atomic mass is 9.89. The third-order valence-corrected chi connectivity index (χ3v) is 6.66. The highest BCUT2D eigenvalue weighted by atomic mass is 32.2. The fourth-order valence-electron chi connectivity index (χ4n) is 3.69. The molecule has 4 atom stereocenters. The summed E-state index contributed by atoms with van der Waals surface area (Å²) in [5, 5.41) is 13.3. The first-order valence-electron chi connectivity index (χ1n) is 6.32. The molecule has 3 nitrogen and oxygen atoms in total. The van der Waals surface area contributed by atoms with E-state index in [1.165, 1.54) is 11.3 Å². The van der Waals surface area contributed by atoms with Crippen molar-refractivity contribution >= 4 is 17.4 Å². The van der Waals surface area contributed by atoms with E-state index in [1.54, 1.807) is 0 Å². The van der Waals surface area contributed by atoms with Crippen LogP contribution in [0.5, 0.6) is 0 Å². The Morgan fingerprint density at radius 3 is 3.00 bits per heavy atom. The Kier molecular flexibility index (Phi) is 1.81.